The molecule has 4 heteroatoms. The molecule has 2 aliphatic heterocycles. The van der Waals surface area contributed by atoms with Crippen LogP contribution in [0.25, 0.3) is 0 Å². The summed E-state index contributed by atoms with van der Waals surface area (Å²) in [4.78, 5) is 24.8. The minimum atomic E-state index is -0.202. The van der Waals surface area contributed by atoms with Gasteiger partial charge < -0.3 is 9.47 Å². The molecule has 7 aliphatic rings. The number of fused-ring (bicyclic) bond motifs is 1. The molecule has 12 atom stereocenters. The van der Waals surface area contributed by atoms with E-state index in [-0.39, 0.29) is 29.4 Å². The van der Waals surface area contributed by atoms with Crippen molar-refractivity contribution >= 4 is 11.9 Å². The Balaban J connectivity index is 1.22. The van der Waals surface area contributed by atoms with Crippen molar-refractivity contribution < 1.29 is 19.1 Å². The van der Waals surface area contributed by atoms with Crippen LogP contribution >= 0.6 is 0 Å². The maximum absolute atomic E-state index is 12.5. The molecule has 0 amide bonds. The summed E-state index contributed by atoms with van der Waals surface area (Å²) in [6.45, 7) is 5.19. The Labute approximate surface area is 141 Å². The highest BCUT2D eigenvalue weighted by Gasteiger charge is 2.90. The average Bonchev–Trinajstić information content (AvgIpc) is 2.75. The Hall–Kier alpha value is -1.06. The minimum Gasteiger partial charge on any atom is -0.465 e. The molecule has 0 aromatic rings. The largest absolute Gasteiger partial charge is 0.465 e. The fourth-order valence-corrected chi connectivity index (χ4v) is 9.47. The molecule has 5 aliphatic carbocycles. The van der Waals surface area contributed by atoms with Crippen molar-refractivity contribution in [2.45, 2.75) is 39.2 Å². The van der Waals surface area contributed by atoms with Crippen molar-refractivity contribution in [2.24, 2.45) is 64.1 Å². The number of cyclic esters (lactones) is 1. The van der Waals surface area contributed by atoms with Crippen LogP contribution in [0.2, 0.25) is 0 Å². The van der Waals surface area contributed by atoms with Crippen molar-refractivity contribution in [2.75, 3.05) is 6.61 Å². The zero-order valence-corrected chi connectivity index (χ0v) is 14.2. The topological polar surface area (TPSA) is 52.6 Å². The van der Waals surface area contributed by atoms with Crippen molar-refractivity contribution in [3.8, 4) is 0 Å². The van der Waals surface area contributed by atoms with Crippen LogP contribution in [-0.2, 0) is 19.1 Å². The predicted molar refractivity (Wildman–Crippen MR) is 82.3 cm³/mol. The molecule has 24 heavy (non-hydrogen) atoms. The number of hydrogen-bond donors (Lipinski definition) is 0. The van der Waals surface area contributed by atoms with Crippen LogP contribution < -0.4 is 0 Å². The highest BCUT2D eigenvalue weighted by molar-refractivity contribution is 5.81. The van der Waals surface area contributed by atoms with E-state index in [0.29, 0.717) is 47.5 Å². The lowest BCUT2D eigenvalue weighted by atomic mass is 9.57. The fourth-order valence-electron chi connectivity index (χ4n) is 9.47. The highest BCUT2D eigenvalue weighted by atomic mass is 16.6. The maximum atomic E-state index is 12.5. The van der Waals surface area contributed by atoms with E-state index in [1.165, 1.54) is 0 Å². The minimum absolute atomic E-state index is 0.0468. The van der Waals surface area contributed by atoms with Gasteiger partial charge in [-0.2, -0.15) is 0 Å². The van der Waals surface area contributed by atoms with Crippen LogP contribution in [0.5, 0.6) is 0 Å². The van der Waals surface area contributed by atoms with E-state index in [9.17, 15) is 9.59 Å². The lowest BCUT2D eigenvalue weighted by molar-refractivity contribution is -0.155. The molecule has 4 nitrogen and oxygen atoms in total. The zero-order chi connectivity index (χ0) is 16.2. The first-order valence-electron chi connectivity index (χ1n) is 9.86. The summed E-state index contributed by atoms with van der Waals surface area (Å²) in [6, 6.07) is 0. The van der Waals surface area contributed by atoms with Gasteiger partial charge in [-0.15, -0.1) is 0 Å². The summed E-state index contributed by atoms with van der Waals surface area (Å²) in [7, 11) is 0. The van der Waals surface area contributed by atoms with Crippen LogP contribution in [0.1, 0.15) is 33.1 Å². The molecule has 0 N–H and O–H groups in total. The van der Waals surface area contributed by atoms with Crippen molar-refractivity contribution in [3.05, 3.63) is 0 Å². The van der Waals surface area contributed by atoms with E-state index in [4.69, 9.17) is 9.47 Å². The molecule has 7 rings (SSSR count). The molecular weight excluding hydrogens is 304 g/mol. The van der Waals surface area contributed by atoms with Crippen LogP contribution in [0.3, 0.4) is 0 Å². The monoisotopic (exact) mass is 328 g/mol. The number of esters is 2. The molecule has 2 saturated heterocycles. The van der Waals surface area contributed by atoms with E-state index in [2.05, 4.69) is 13.8 Å². The molecule has 7 fully saturated rings. The van der Waals surface area contributed by atoms with Gasteiger partial charge in [0.1, 0.15) is 6.10 Å². The van der Waals surface area contributed by atoms with Gasteiger partial charge in [-0.05, 0) is 67.6 Å². The van der Waals surface area contributed by atoms with Gasteiger partial charge in [-0.1, -0.05) is 6.92 Å². The van der Waals surface area contributed by atoms with Crippen molar-refractivity contribution in [3.63, 3.8) is 0 Å². The third-order valence-electron chi connectivity index (χ3n) is 10.1. The summed E-state index contributed by atoms with van der Waals surface area (Å²) in [5.74, 6) is 5.18. The number of ether oxygens (including phenoxy) is 2. The highest BCUT2D eigenvalue weighted by Crippen LogP contribution is 2.89. The quantitative estimate of drug-likeness (QED) is 0.730. The molecule has 0 aromatic carbocycles. The van der Waals surface area contributed by atoms with Crippen LogP contribution in [0, 0.1) is 64.1 Å². The lowest BCUT2D eigenvalue weighted by Crippen LogP contribution is -2.45. The number of rotatable bonds is 2. The summed E-state index contributed by atoms with van der Waals surface area (Å²) in [5.41, 5.74) is 0.174. The Morgan fingerprint density at radius 2 is 2.00 bits per heavy atom. The van der Waals surface area contributed by atoms with E-state index < -0.39 is 0 Å². The van der Waals surface area contributed by atoms with Crippen molar-refractivity contribution in [1.29, 1.82) is 0 Å². The lowest BCUT2D eigenvalue weighted by Gasteiger charge is -2.46. The first kappa shape index (κ1) is 13.2. The molecule has 9 unspecified atom stereocenters. The summed E-state index contributed by atoms with van der Waals surface area (Å²) >= 11 is 0. The normalized spacial score (nSPS) is 69.2. The van der Waals surface area contributed by atoms with Crippen molar-refractivity contribution in [1.82, 2.24) is 0 Å². The van der Waals surface area contributed by atoms with E-state index in [1.54, 1.807) is 0 Å². The van der Waals surface area contributed by atoms with Gasteiger partial charge in [0.25, 0.3) is 0 Å². The van der Waals surface area contributed by atoms with Gasteiger partial charge in [-0.25, -0.2) is 0 Å². The molecular formula is C20H24O4. The Morgan fingerprint density at radius 1 is 1.17 bits per heavy atom. The van der Waals surface area contributed by atoms with Gasteiger partial charge in [0.05, 0.1) is 17.9 Å². The second-order valence-corrected chi connectivity index (χ2v) is 10.3. The van der Waals surface area contributed by atoms with Gasteiger partial charge in [0, 0.05) is 11.3 Å². The summed E-state index contributed by atoms with van der Waals surface area (Å²) in [6.07, 6.45) is 3.40. The summed E-state index contributed by atoms with van der Waals surface area (Å²) < 4.78 is 11.4. The summed E-state index contributed by atoms with van der Waals surface area (Å²) in [5, 5.41) is 0. The van der Waals surface area contributed by atoms with E-state index in [1.807, 2.05) is 0 Å². The fraction of sp³-hybridized carbons (Fsp3) is 0.900. The first-order valence-corrected chi connectivity index (χ1v) is 9.86. The van der Waals surface area contributed by atoms with Crippen LogP contribution in [0.15, 0.2) is 0 Å². The van der Waals surface area contributed by atoms with E-state index >= 15 is 0 Å². The molecule has 128 valence electrons. The average molecular weight is 328 g/mol. The Kier molecular flexibility index (Phi) is 1.89. The van der Waals surface area contributed by atoms with Crippen LogP contribution in [0.4, 0.5) is 0 Å². The van der Waals surface area contributed by atoms with Gasteiger partial charge in [0.2, 0.25) is 0 Å². The number of carbonyl (C=O) groups excluding carboxylic acids is 2. The first-order chi connectivity index (χ1) is 11.5. The standard InChI is InChI=1S/C20H24O4/c1-7-13-10(12-15-14(7)20(13,15)6-23-17(12)21)4-9-8-3-11-16(9)24-18(22)19(11,2)5-8/h7-16H,3-6H2,1-2H3/t7-,8?,9?,10-,11?,12?,13?,14?,15?,16?,19-,20?/m1/s1. The molecule has 2 heterocycles. The maximum Gasteiger partial charge on any atom is 0.312 e. The van der Waals surface area contributed by atoms with Gasteiger partial charge in [0.15, 0.2) is 0 Å². The molecule has 1 spiro atoms. The molecule has 4 bridgehead atoms. The zero-order valence-electron chi connectivity index (χ0n) is 14.2. The van der Waals surface area contributed by atoms with Crippen LogP contribution in [-0.4, -0.2) is 24.6 Å². The molecule has 5 saturated carbocycles. The second-order valence-electron chi connectivity index (χ2n) is 10.3. The third-order valence-corrected chi connectivity index (χ3v) is 10.1. The number of hydrogen-bond acceptors (Lipinski definition) is 4. The number of carbonyl (C=O) groups is 2. The Morgan fingerprint density at radius 3 is 2.83 bits per heavy atom. The second kappa shape index (κ2) is 3.43. The van der Waals surface area contributed by atoms with E-state index in [0.717, 1.165) is 31.1 Å². The Bertz CT molecular complexity index is 716. The van der Waals surface area contributed by atoms with Gasteiger partial charge >= 0.3 is 11.9 Å². The smallest absolute Gasteiger partial charge is 0.312 e. The molecule has 0 radical (unpaired) electrons. The predicted octanol–water partition coefficient (Wildman–Crippen LogP) is 2.27. The molecule has 0 aromatic heterocycles. The van der Waals surface area contributed by atoms with Gasteiger partial charge in [-0.3, -0.25) is 9.59 Å². The third kappa shape index (κ3) is 1.03. The SMILES string of the molecule is C[C@H]1C2C3C4C(=O)OCC32C1[C@@H]4CC1C2CC3C1OC(=O)[C@]3(C)C2.